The molecule has 1 aliphatic rings. The molecule has 2 rings (SSSR count). The number of sulfonamides is 1. The van der Waals surface area contributed by atoms with Crippen molar-refractivity contribution in [2.45, 2.75) is 50.7 Å². The van der Waals surface area contributed by atoms with Crippen LogP contribution in [0.5, 0.6) is 0 Å². The summed E-state index contributed by atoms with van der Waals surface area (Å²) in [4.78, 5) is 0.360. The van der Waals surface area contributed by atoms with Crippen LogP contribution in [0.2, 0.25) is 0 Å². The summed E-state index contributed by atoms with van der Waals surface area (Å²) in [5.74, 6) is 0. The molecule has 1 aromatic heterocycles. The zero-order valence-electron chi connectivity index (χ0n) is 10.9. The summed E-state index contributed by atoms with van der Waals surface area (Å²) in [7, 11) is -3.34. The van der Waals surface area contributed by atoms with Crippen molar-refractivity contribution >= 4 is 10.0 Å². The van der Waals surface area contributed by atoms with Crippen LogP contribution in [0.3, 0.4) is 0 Å². The lowest BCUT2D eigenvalue weighted by Crippen LogP contribution is -2.22. The van der Waals surface area contributed by atoms with Crippen LogP contribution in [0, 0.1) is 0 Å². The van der Waals surface area contributed by atoms with Gasteiger partial charge >= 0.3 is 0 Å². The molecule has 0 atom stereocenters. The standard InChI is InChI=1S/C12H21N3O2S/c1-3-14-18(16,17)12-7-11(15(4-2)9-12)8-13-10-5-6-10/h7,9-10,13-14H,3-6,8H2,1-2H3. The number of rotatable bonds is 7. The minimum Gasteiger partial charge on any atom is -0.349 e. The van der Waals surface area contributed by atoms with Crippen molar-refractivity contribution in [3.63, 3.8) is 0 Å². The van der Waals surface area contributed by atoms with Gasteiger partial charge in [0.05, 0.1) is 4.90 Å². The molecule has 0 saturated heterocycles. The fourth-order valence-electron chi connectivity index (χ4n) is 1.92. The Labute approximate surface area is 109 Å². The van der Waals surface area contributed by atoms with Crippen LogP contribution in [0.4, 0.5) is 0 Å². The number of aromatic nitrogens is 1. The molecular formula is C12H21N3O2S. The Hall–Kier alpha value is -0.850. The lowest BCUT2D eigenvalue weighted by atomic mass is 10.4. The molecule has 1 fully saturated rings. The van der Waals surface area contributed by atoms with Crippen LogP contribution in [-0.2, 0) is 23.1 Å². The number of hydrogen-bond donors (Lipinski definition) is 2. The summed E-state index contributed by atoms with van der Waals surface area (Å²) < 4.78 is 28.3. The molecule has 102 valence electrons. The van der Waals surface area contributed by atoms with Gasteiger partial charge in [-0.2, -0.15) is 0 Å². The normalized spacial score (nSPS) is 16.1. The highest BCUT2D eigenvalue weighted by Crippen LogP contribution is 2.20. The lowest BCUT2D eigenvalue weighted by Gasteiger charge is -2.06. The van der Waals surface area contributed by atoms with Gasteiger partial charge in [0.2, 0.25) is 10.0 Å². The third-order valence-corrected chi connectivity index (χ3v) is 4.61. The van der Waals surface area contributed by atoms with E-state index in [1.54, 1.807) is 19.2 Å². The van der Waals surface area contributed by atoms with E-state index in [1.165, 1.54) is 12.8 Å². The van der Waals surface area contributed by atoms with Crippen molar-refractivity contribution in [3.05, 3.63) is 18.0 Å². The Balaban J connectivity index is 2.16. The largest absolute Gasteiger partial charge is 0.349 e. The molecule has 5 nitrogen and oxygen atoms in total. The van der Waals surface area contributed by atoms with Crippen molar-refractivity contribution in [3.8, 4) is 0 Å². The molecule has 2 N–H and O–H groups in total. The van der Waals surface area contributed by atoms with Gasteiger partial charge in [0.1, 0.15) is 0 Å². The lowest BCUT2D eigenvalue weighted by molar-refractivity contribution is 0.583. The molecular weight excluding hydrogens is 250 g/mol. The second-order valence-corrected chi connectivity index (χ2v) is 6.38. The van der Waals surface area contributed by atoms with E-state index in [2.05, 4.69) is 10.0 Å². The molecule has 0 spiro atoms. The second-order valence-electron chi connectivity index (χ2n) is 4.61. The Morgan fingerprint density at radius 2 is 2.11 bits per heavy atom. The van der Waals surface area contributed by atoms with E-state index >= 15 is 0 Å². The first-order valence-corrected chi connectivity index (χ1v) is 7.97. The average molecular weight is 271 g/mol. The highest BCUT2D eigenvalue weighted by atomic mass is 32.2. The predicted molar refractivity (Wildman–Crippen MR) is 70.8 cm³/mol. The maximum atomic E-state index is 11.9. The molecule has 0 amide bonds. The van der Waals surface area contributed by atoms with Gasteiger partial charge in [-0.1, -0.05) is 6.92 Å². The van der Waals surface area contributed by atoms with Crippen molar-refractivity contribution in [1.29, 1.82) is 0 Å². The van der Waals surface area contributed by atoms with Gasteiger partial charge in [0, 0.05) is 37.6 Å². The van der Waals surface area contributed by atoms with Crippen LogP contribution >= 0.6 is 0 Å². The van der Waals surface area contributed by atoms with Gasteiger partial charge in [-0.15, -0.1) is 0 Å². The fourth-order valence-corrected chi connectivity index (χ4v) is 3.03. The van der Waals surface area contributed by atoms with Crippen molar-refractivity contribution in [2.75, 3.05) is 6.54 Å². The van der Waals surface area contributed by atoms with Gasteiger partial charge in [0.15, 0.2) is 0 Å². The smallest absolute Gasteiger partial charge is 0.242 e. The van der Waals surface area contributed by atoms with Crippen molar-refractivity contribution in [1.82, 2.24) is 14.6 Å². The minimum atomic E-state index is -3.34. The third-order valence-electron chi connectivity index (χ3n) is 3.10. The molecule has 1 saturated carbocycles. The van der Waals surface area contributed by atoms with Crippen LogP contribution < -0.4 is 10.0 Å². The number of nitrogens with one attached hydrogen (secondary N) is 2. The van der Waals surface area contributed by atoms with Crippen molar-refractivity contribution in [2.24, 2.45) is 0 Å². The van der Waals surface area contributed by atoms with Gasteiger partial charge in [-0.25, -0.2) is 13.1 Å². The first-order valence-electron chi connectivity index (χ1n) is 6.49. The molecule has 0 unspecified atom stereocenters. The second kappa shape index (κ2) is 5.42. The van der Waals surface area contributed by atoms with Crippen molar-refractivity contribution < 1.29 is 8.42 Å². The highest BCUT2D eigenvalue weighted by molar-refractivity contribution is 7.89. The molecule has 0 aromatic carbocycles. The van der Waals surface area contributed by atoms with Gasteiger partial charge in [0.25, 0.3) is 0 Å². The molecule has 1 aromatic rings. The van der Waals surface area contributed by atoms with E-state index in [-0.39, 0.29) is 0 Å². The van der Waals surface area contributed by atoms with Crippen LogP contribution in [0.15, 0.2) is 17.2 Å². The molecule has 0 aliphatic heterocycles. The summed E-state index contributed by atoms with van der Waals surface area (Å²) in [6, 6.07) is 2.38. The first kappa shape index (κ1) is 13.6. The Morgan fingerprint density at radius 3 is 2.67 bits per heavy atom. The SMILES string of the molecule is CCNS(=O)(=O)c1cc(CNC2CC2)n(CC)c1. The fraction of sp³-hybridized carbons (Fsp3) is 0.667. The zero-order chi connectivity index (χ0) is 13.2. The zero-order valence-corrected chi connectivity index (χ0v) is 11.8. The van der Waals surface area contributed by atoms with Crippen LogP contribution in [0.25, 0.3) is 0 Å². The number of nitrogens with zero attached hydrogens (tertiary/aromatic N) is 1. The molecule has 0 bridgehead atoms. The topological polar surface area (TPSA) is 63.1 Å². The summed E-state index contributed by atoms with van der Waals surface area (Å²) in [5.41, 5.74) is 1.03. The van der Waals surface area contributed by atoms with E-state index in [4.69, 9.17) is 0 Å². The Morgan fingerprint density at radius 1 is 1.39 bits per heavy atom. The van der Waals surface area contributed by atoms with Gasteiger partial charge in [-0.3, -0.25) is 0 Å². The molecule has 1 heterocycles. The third kappa shape index (κ3) is 3.13. The van der Waals surface area contributed by atoms with Gasteiger partial charge < -0.3 is 9.88 Å². The Bertz CT molecular complexity index is 503. The van der Waals surface area contributed by atoms with Crippen LogP contribution in [0.1, 0.15) is 32.4 Å². The average Bonchev–Trinajstić information content (AvgIpc) is 3.05. The van der Waals surface area contributed by atoms with E-state index in [1.807, 2.05) is 11.5 Å². The number of aryl methyl sites for hydroxylation is 1. The molecule has 18 heavy (non-hydrogen) atoms. The van der Waals surface area contributed by atoms with E-state index < -0.39 is 10.0 Å². The number of hydrogen-bond acceptors (Lipinski definition) is 3. The quantitative estimate of drug-likeness (QED) is 0.779. The molecule has 1 aliphatic carbocycles. The molecule has 0 radical (unpaired) electrons. The first-order chi connectivity index (χ1) is 8.56. The van der Waals surface area contributed by atoms with E-state index in [0.717, 1.165) is 18.8 Å². The Kier molecular flexibility index (Phi) is 4.09. The van der Waals surface area contributed by atoms with Crippen LogP contribution in [-0.4, -0.2) is 25.6 Å². The summed E-state index contributed by atoms with van der Waals surface area (Å²) in [5, 5.41) is 3.41. The summed E-state index contributed by atoms with van der Waals surface area (Å²) in [6.07, 6.45) is 4.17. The summed E-state index contributed by atoms with van der Waals surface area (Å²) in [6.45, 7) is 5.73. The van der Waals surface area contributed by atoms with Gasteiger partial charge in [-0.05, 0) is 25.8 Å². The van der Waals surface area contributed by atoms with E-state index in [0.29, 0.717) is 17.5 Å². The minimum absolute atomic E-state index is 0.360. The maximum Gasteiger partial charge on any atom is 0.242 e. The maximum absolute atomic E-state index is 11.9. The van der Waals surface area contributed by atoms with E-state index in [9.17, 15) is 8.42 Å². The predicted octanol–water partition coefficient (Wildman–Crippen LogP) is 1.06. The molecule has 6 heteroatoms. The monoisotopic (exact) mass is 271 g/mol. The summed E-state index contributed by atoms with van der Waals surface area (Å²) >= 11 is 0. The highest BCUT2D eigenvalue weighted by Gasteiger charge is 2.22.